The van der Waals surface area contributed by atoms with Gasteiger partial charge < -0.3 is 43.1 Å². The van der Waals surface area contributed by atoms with Gasteiger partial charge in [-0.1, -0.05) is 5.21 Å². The minimum Gasteiger partial charge on any atom is -1.00 e. The van der Waals surface area contributed by atoms with Crippen molar-refractivity contribution in [1.29, 1.82) is 0 Å². The largest absolute Gasteiger partial charge is 1.00 e. The molecule has 0 amide bonds. The van der Waals surface area contributed by atoms with Crippen LogP contribution >= 0.6 is 0 Å². The highest BCUT2D eigenvalue weighted by molar-refractivity contribution is 5.84. The van der Waals surface area contributed by atoms with Crippen LogP contribution in [0.1, 0.15) is 37.2 Å². The van der Waals surface area contributed by atoms with Crippen molar-refractivity contribution < 1.29 is 37.4 Å². The van der Waals surface area contributed by atoms with Crippen LogP contribution in [0, 0.1) is 5.82 Å². The molecule has 260 valence electrons. The van der Waals surface area contributed by atoms with Crippen molar-refractivity contribution in [3.8, 4) is 0 Å². The van der Waals surface area contributed by atoms with Gasteiger partial charge >= 0.3 is 5.63 Å². The lowest BCUT2D eigenvalue weighted by atomic mass is 10.1. The molecule has 0 unspecified atom stereocenters. The molecule has 4 heterocycles. The lowest BCUT2D eigenvalue weighted by molar-refractivity contribution is -0.646. The molecule has 2 aromatic carbocycles. The predicted molar refractivity (Wildman–Crippen MR) is 191 cm³/mol. The number of nitrogens with zero attached hydrogens (tertiary/aromatic N) is 8. The Morgan fingerprint density at radius 1 is 0.980 bits per heavy atom. The number of aryl methyl sites for hydroxylation is 2. The molecule has 0 bridgehead atoms. The minimum absolute atomic E-state index is 0. The fourth-order valence-corrected chi connectivity index (χ4v) is 6.46. The van der Waals surface area contributed by atoms with Crippen LogP contribution in [-0.4, -0.2) is 84.7 Å². The zero-order valence-corrected chi connectivity index (χ0v) is 31.2. The van der Waals surface area contributed by atoms with Gasteiger partial charge in [-0.25, -0.2) is 9.18 Å². The topological polar surface area (TPSA) is 77.8 Å². The third-order valence-electron chi connectivity index (χ3n) is 9.26. The highest BCUT2D eigenvalue weighted by Gasteiger charge is 2.23. The van der Waals surface area contributed by atoms with Gasteiger partial charge in [0.25, 0.3) is 0 Å². The Bertz CT molecular complexity index is 1980. The van der Waals surface area contributed by atoms with E-state index in [9.17, 15) is 4.79 Å². The number of piperazine rings is 1. The van der Waals surface area contributed by atoms with E-state index in [1.54, 1.807) is 12.1 Å². The Hall–Kier alpha value is -3.88. The summed E-state index contributed by atoms with van der Waals surface area (Å²) in [6, 6.07) is 15.3. The SMILES string of the molecule is CCN(CC)c1ccc2cc(/C=C/c3ccc4cc(F)c(N5CCN(Cc6cn(CCCN(C)C)nn6)CC5)cc4[n+]3C)c(=O)oc2c1.[I-]. The number of anilines is 2. The molecule has 0 aliphatic carbocycles. The summed E-state index contributed by atoms with van der Waals surface area (Å²) in [4.78, 5) is 21.8. The maximum atomic E-state index is 15.4. The lowest BCUT2D eigenvalue weighted by Crippen LogP contribution is -3.00. The van der Waals surface area contributed by atoms with Gasteiger partial charge in [0.1, 0.15) is 18.4 Å². The van der Waals surface area contributed by atoms with E-state index in [-0.39, 0.29) is 35.4 Å². The molecule has 0 saturated carbocycles. The molecule has 10 nitrogen and oxygen atoms in total. The molecule has 1 aliphatic heterocycles. The molecule has 6 rings (SSSR count). The van der Waals surface area contributed by atoms with Crippen LogP contribution in [0.25, 0.3) is 34.0 Å². The summed E-state index contributed by atoms with van der Waals surface area (Å²) in [5, 5.41) is 10.3. The Kier molecular flexibility index (Phi) is 12.0. The van der Waals surface area contributed by atoms with Crippen molar-refractivity contribution in [3.05, 3.63) is 87.9 Å². The van der Waals surface area contributed by atoms with Crippen molar-refractivity contribution in [2.24, 2.45) is 7.05 Å². The first-order valence-corrected chi connectivity index (χ1v) is 16.9. The Balaban J connectivity index is 0.00000468. The second-order valence-corrected chi connectivity index (χ2v) is 12.8. The smallest absolute Gasteiger partial charge is 0.343 e. The summed E-state index contributed by atoms with van der Waals surface area (Å²) in [5.74, 6) is -0.224. The highest BCUT2D eigenvalue weighted by atomic mass is 127. The Labute approximate surface area is 304 Å². The molecule has 3 aromatic heterocycles. The van der Waals surface area contributed by atoms with Gasteiger partial charge in [0.2, 0.25) is 11.2 Å². The van der Waals surface area contributed by atoms with E-state index in [2.05, 4.69) is 63.9 Å². The van der Waals surface area contributed by atoms with Gasteiger partial charge in [0, 0.05) is 99.3 Å². The maximum absolute atomic E-state index is 15.4. The van der Waals surface area contributed by atoms with E-state index in [1.165, 1.54) is 0 Å². The van der Waals surface area contributed by atoms with E-state index >= 15 is 4.39 Å². The molecule has 0 N–H and O–H groups in total. The first-order valence-electron chi connectivity index (χ1n) is 16.9. The van der Waals surface area contributed by atoms with Gasteiger partial charge in [-0.15, -0.1) is 5.10 Å². The second kappa shape index (κ2) is 16.2. The molecule has 12 heteroatoms. The van der Waals surface area contributed by atoms with Crippen molar-refractivity contribution in [3.63, 3.8) is 0 Å². The van der Waals surface area contributed by atoms with Gasteiger partial charge in [-0.05, 0) is 77.3 Å². The van der Waals surface area contributed by atoms with Gasteiger partial charge in [0.15, 0.2) is 0 Å². The number of fused-ring (bicyclic) bond motifs is 2. The maximum Gasteiger partial charge on any atom is 0.343 e. The first-order chi connectivity index (χ1) is 23.2. The highest BCUT2D eigenvalue weighted by Crippen LogP contribution is 2.27. The molecule has 5 aromatic rings. The van der Waals surface area contributed by atoms with Crippen LogP contribution in [0.15, 0.2) is 63.9 Å². The number of halogens is 2. The number of hydrogen-bond acceptors (Lipinski definition) is 8. The van der Waals surface area contributed by atoms with Gasteiger partial charge in [-0.2, -0.15) is 4.57 Å². The second-order valence-electron chi connectivity index (χ2n) is 12.8. The van der Waals surface area contributed by atoms with E-state index < -0.39 is 0 Å². The Morgan fingerprint density at radius 3 is 2.47 bits per heavy atom. The summed E-state index contributed by atoms with van der Waals surface area (Å²) in [7, 11) is 6.11. The third-order valence-corrected chi connectivity index (χ3v) is 9.26. The summed E-state index contributed by atoms with van der Waals surface area (Å²) >= 11 is 0. The minimum atomic E-state index is -0.382. The summed E-state index contributed by atoms with van der Waals surface area (Å²) < 4.78 is 25.1. The quantitative estimate of drug-likeness (QED) is 0.108. The number of aromatic nitrogens is 4. The number of benzene rings is 2. The van der Waals surface area contributed by atoms with Crippen LogP contribution in [0.2, 0.25) is 0 Å². The van der Waals surface area contributed by atoms with Crippen LogP contribution < -0.4 is 44.0 Å². The molecular weight excluding hydrogens is 734 g/mol. The van der Waals surface area contributed by atoms with E-state index in [1.807, 2.05) is 65.0 Å². The summed E-state index contributed by atoms with van der Waals surface area (Å²) in [6.45, 7) is 11.6. The van der Waals surface area contributed by atoms with Gasteiger partial charge in [0.05, 0.1) is 16.9 Å². The van der Waals surface area contributed by atoms with Crippen LogP contribution in [0.4, 0.5) is 15.8 Å². The lowest BCUT2D eigenvalue weighted by Gasteiger charge is -2.35. The normalized spacial score (nSPS) is 14.0. The number of pyridine rings is 1. The third kappa shape index (κ3) is 8.47. The zero-order valence-electron chi connectivity index (χ0n) is 29.1. The fraction of sp³-hybridized carbons (Fsp3) is 0.405. The van der Waals surface area contributed by atoms with E-state index in [4.69, 9.17) is 4.42 Å². The molecule has 0 atom stereocenters. The molecule has 1 aliphatic rings. The average molecular weight is 781 g/mol. The zero-order chi connectivity index (χ0) is 33.8. The van der Waals surface area contributed by atoms with Crippen LogP contribution in [0.3, 0.4) is 0 Å². The molecule has 1 fully saturated rings. The van der Waals surface area contributed by atoms with Crippen LogP contribution in [0.5, 0.6) is 0 Å². The molecular formula is C37H46FIN8O2. The first kappa shape index (κ1) is 36.4. The van der Waals surface area contributed by atoms with Crippen molar-refractivity contribution in [2.45, 2.75) is 33.4 Å². The standard InChI is InChI=1S/C37H46FN8O2.HI/c1-6-44(7-2)32-14-10-28-21-29(37(47)48-36(28)23-32)11-13-31-12-9-27-22-33(38)35(24-34(27)42(31)5)45-19-17-43(18-20-45)25-30-26-46(40-39-30)16-8-15-41(3)4;/h9-14,21-24,26H,6-8,15-20,25H2,1-5H3;1H/q+1;/p-1. The molecule has 49 heavy (non-hydrogen) atoms. The molecule has 0 radical (unpaired) electrons. The summed E-state index contributed by atoms with van der Waals surface area (Å²) in [6.07, 6.45) is 6.76. The Morgan fingerprint density at radius 2 is 1.73 bits per heavy atom. The van der Waals surface area contributed by atoms with Crippen molar-refractivity contribution in [1.82, 2.24) is 24.8 Å². The molecule has 1 saturated heterocycles. The number of rotatable bonds is 12. The fourth-order valence-electron chi connectivity index (χ4n) is 6.46. The predicted octanol–water partition coefficient (Wildman–Crippen LogP) is 1.80. The molecule has 0 spiro atoms. The van der Waals surface area contributed by atoms with Gasteiger partial charge in [-0.3, -0.25) is 9.58 Å². The van der Waals surface area contributed by atoms with Crippen molar-refractivity contribution >= 4 is 45.4 Å². The van der Waals surface area contributed by atoms with E-state index in [0.717, 1.165) is 98.7 Å². The van der Waals surface area contributed by atoms with Crippen LogP contribution in [-0.2, 0) is 20.1 Å². The average Bonchev–Trinajstić information content (AvgIpc) is 3.52. The monoisotopic (exact) mass is 780 g/mol. The number of hydrogen-bond donors (Lipinski definition) is 0. The van der Waals surface area contributed by atoms with Crippen molar-refractivity contribution in [2.75, 3.05) is 69.7 Å². The summed E-state index contributed by atoms with van der Waals surface area (Å²) in [5.41, 5.74) is 5.06. The van der Waals surface area contributed by atoms with E-state index in [0.29, 0.717) is 16.8 Å².